The van der Waals surface area contributed by atoms with Gasteiger partial charge in [0, 0.05) is 11.3 Å². The number of hydrogen-bond acceptors (Lipinski definition) is 4. The number of ether oxygens (including phenoxy) is 1. The molecule has 3 nitrogen and oxygen atoms in total. The van der Waals surface area contributed by atoms with Gasteiger partial charge in [-0.15, -0.1) is 11.8 Å². The van der Waals surface area contributed by atoms with Gasteiger partial charge in [0.15, 0.2) is 0 Å². The van der Waals surface area contributed by atoms with Gasteiger partial charge in [-0.1, -0.05) is 30.3 Å². The highest BCUT2D eigenvalue weighted by atomic mass is 32.2. The Labute approximate surface area is 159 Å². The molecule has 0 spiro atoms. The zero-order valence-electron chi connectivity index (χ0n) is 16.0. The summed E-state index contributed by atoms with van der Waals surface area (Å²) in [5, 5.41) is 2.30. The third kappa shape index (κ3) is 3.66. The SMILES string of the molecule is CC(C)(C)C(=O)O[C@@H]1[C@@H](Sc2ccc3ccccc3c2)CC(=O)C1(C)C. The molecule has 2 atom stereocenters. The molecule has 0 amide bonds. The van der Waals surface area contributed by atoms with Crippen LogP contribution in [0, 0.1) is 10.8 Å². The minimum atomic E-state index is -0.657. The second-order valence-corrected chi connectivity index (χ2v) is 9.90. The molecular weight excluding hydrogens is 344 g/mol. The number of ketones is 1. The van der Waals surface area contributed by atoms with Crippen LogP contribution < -0.4 is 0 Å². The lowest BCUT2D eigenvalue weighted by Gasteiger charge is -2.31. The number of esters is 1. The van der Waals surface area contributed by atoms with E-state index in [0.717, 1.165) is 4.90 Å². The molecule has 1 fully saturated rings. The summed E-state index contributed by atoms with van der Waals surface area (Å²) in [6.07, 6.45) is 0.00486. The summed E-state index contributed by atoms with van der Waals surface area (Å²) in [5.41, 5.74) is -1.24. The van der Waals surface area contributed by atoms with Gasteiger partial charge in [0.1, 0.15) is 11.9 Å². The van der Waals surface area contributed by atoms with Crippen LogP contribution in [0.1, 0.15) is 41.0 Å². The number of Topliss-reactive ketones (excluding diaryl/α,β-unsaturated/α-hetero) is 1. The Morgan fingerprint density at radius 1 is 1.12 bits per heavy atom. The highest BCUT2D eigenvalue weighted by Crippen LogP contribution is 2.45. The van der Waals surface area contributed by atoms with Crippen molar-refractivity contribution in [1.29, 1.82) is 0 Å². The van der Waals surface area contributed by atoms with E-state index in [2.05, 4.69) is 30.3 Å². The zero-order chi connectivity index (χ0) is 19.1. The number of fused-ring (bicyclic) bond motifs is 1. The molecule has 1 aliphatic rings. The van der Waals surface area contributed by atoms with Gasteiger partial charge in [-0.3, -0.25) is 9.59 Å². The van der Waals surface area contributed by atoms with Gasteiger partial charge in [0.2, 0.25) is 0 Å². The second-order valence-electron chi connectivity index (χ2n) is 8.59. The topological polar surface area (TPSA) is 43.4 Å². The number of carbonyl (C=O) groups is 2. The predicted octanol–water partition coefficient (Wildman–Crippen LogP) is 5.26. The van der Waals surface area contributed by atoms with E-state index >= 15 is 0 Å². The van der Waals surface area contributed by atoms with Gasteiger partial charge in [0.25, 0.3) is 0 Å². The molecule has 0 radical (unpaired) electrons. The molecule has 0 heterocycles. The fraction of sp³-hybridized carbons (Fsp3) is 0.455. The summed E-state index contributed by atoms with van der Waals surface area (Å²) >= 11 is 1.63. The van der Waals surface area contributed by atoms with E-state index < -0.39 is 16.9 Å². The third-order valence-corrected chi connectivity index (χ3v) is 6.25. The average molecular weight is 371 g/mol. The number of benzene rings is 2. The smallest absolute Gasteiger partial charge is 0.311 e. The number of carbonyl (C=O) groups excluding carboxylic acids is 2. The van der Waals surface area contributed by atoms with Crippen molar-refractivity contribution in [3.8, 4) is 0 Å². The van der Waals surface area contributed by atoms with Crippen molar-refractivity contribution in [2.24, 2.45) is 10.8 Å². The largest absolute Gasteiger partial charge is 0.460 e. The van der Waals surface area contributed by atoms with E-state index in [9.17, 15) is 9.59 Å². The molecular formula is C22H26O3S. The Morgan fingerprint density at radius 2 is 1.77 bits per heavy atom. The van der Waals surface area contributed by atoms with Gasteiger partial charge in [-0.2, -0.15) is 0 Å². The van der Waals surface area contributed by atoms with E-state index in [1.807, 2.05) is 46.8 Å². The molecule has 2 aromatic rings. The van der Waals surface area contributed by atoms with Crippen molar-refractivity contribution < 1.29 is 14.3 Å². The van der Waals surface area contributed by atoms with E-state index in [4.69, 9.17) is 4.74 Å². The van der Waals surface area contributed by atoms with Gasteiger partial charge >= 0.3 is 5.97 Å². The van der Waals surface area contributed by atoms with Crippen molar-refractivity contribution in [2.75, 3.05) is 0 Å². The quantitative estimate of drug-likeness (QED) is 0.692. The van der Waals surface area contributed by atoms with Gasteiger partial charge < -0.3 is 4.74 Å². The van der Waals surface area contributed by atoms with E-state index in [1.54, 1.807) is 11.8 Å². The van der Waals surface area contributed by atoms with Gasteiger partial charge in [0.05, 0.1) is 16.1 Å². The van der Waals surface area contributed by atoms with Crippen LogP contribution in [0.25, 0.3) is 10.8 Å². The first kappa shape index (κ1) is 19.0. The predicted molar refractivity (Wildman–Crippen MR) is 106 cm³/mol. The maximum absolute atomic E-state index is 12.5. The summed E-state index contributed by atoms with van der Waals surface area (Å²) in [7, 11) is 0. The lowest BCUT2D eigenvalue weighted by molar-refractivity contribution is -0.163. The molecule has 26 heavy (non-hydrogen) atoms. The van der Waals surface area contributed by atoms with Crippen molar-refractivity contribution in [3.63, 3.8) is 0 Å². The number of hydrogen-bond donors (Lipinski definition) is 0. The summed E-state index contributed by atoms with van der Waals surface area (Å²) < 4.78 is 5.85. The number of thioether (sulfide) groups is 1. The van der Waals surface area contributed by atoms with E-state index in [1.165, 1.54) is 10.8 Å². The maximum atomic E-state index is 12.5. The molecule has 0 unspecified atom stereocenters. The Hall–Kier alpha value is -1.81. The molecule has 3 rings (SSSR count). The molecule has 0 N–H and O–H groups in total. The highest BCUT2D eigenvalue weighted by molar-refractivity contribution is 8.00. The molecule has 0 saturated heterocycles. The summed E-state index contributed by atoms with van der Waals surface area (Å²) in [5.74, 6) is -0.100. The lowest BCUT2D eigenvalue weighted by atomic mass is 9.87. The molecule has 138 valence electrons. The van der Waals surface area contributed by atoms with Gasteiger partial charge in [-0.05, 0) is 57.5 Å². The molecule has 0 bridgehead atoms. The first-order chi connectivity index (χ1) is 12.1. The summed E-state index contributed by atoms with van der Waals surface area (Å²) in [6, 6.07) is 14.5. The van der Waals surface area contributed by atoms with Crippen LogP contribution in [-0.2, 0) is 14.3 Å². The molecule has 1 saturated carbocycles. The van der Waals surface area contributed by atoms with E-state index in [-0.39, 0.29) is 17.0 Å². The van der Waals surface area contributed by atoms with Crippen molar-refractivity contribution in [1.82, 2.24) is 0 Å². The van der Waals surface area contributed by atoms with Crippen LogP contribution in [0.2, 0.25) is 0 Å². The van der Waals surface area contributed by atoms with Crippen molar-refractivity contribution >= 4 is 34.3 Å². The van der Waals surface area contributed by atoms with Crippen LogP contribution in [0.15, 0.2) is 47.4 Å². The van der Waals surface area contributed by atoms with E-state index in [0.29, 0.717) is 6.42 Å². The monoisotopic (exact) mass is 370 g/mol. The first-order valence-corrected chi connectivity index (χ1v) is 9.87. The van der Waals surface area contributed by atoms with Crippen LogP contribution >= 0.6 is 11.8 Å². The third-order valence-electron chi connectivity index (χ3n) is 5.01. The highest BCUT2D eigenvalue weighted by Gasteiger charge is 2.52. The maximum Gasteiger partial charge on any atom is 0.311 e. The van der Waals surface area contributed by atoms with Crippen LogP contribution in [-0.4, -0.2) is 23.1 Å². The van der Waals surface area contributed by atoms with Crippen LogP contribution in [0.4, 0.5) is 0 Å². The van der Waals surface area contributed by atoms with Gasteiger partial charge in [-0.25, -0.2) is 0 Å². The standard InChI is InChI=1S/C22H26O3S/c1-21(2,3)20(24)25-19-17(13-18(23)22(19,4)5)26-16-11-10-14-8-6-7-9-15(14)12-16/h6-12,17,19H,13H2,1-5H3/t17-,19+/m0/s1. The minimum absolute atomic E-state index is 0.0648. The zero-order valence-corrected chi connectivity index (χ0v) is 16.9. The molecule has 2 aromatic carbocycles. The molecule has 0 aromatic heterocycles. The van der Waals surface area contributed by atoms with Crippen molar-refractivity contribution in [2.45, 2.75) is 57.3 Å². The molecule has 1 aliphatic carbocycles. The minimum Gasteiger partial charge on any atom is -0.460 e. The van der Waals surface area contributed by atoms with Crippen LogP contribution in [0.5, 0.6) is 0 Å². The molecule has 4 heteroatoms. The van der Waals surface area contributed by atoms with Crippen molar-refractivity contribution in [3.05, 3.63) is 42.5 Å². The molecule has 0 aliphatic heterocycles. The normalized spacial score (nSPS) is 22.6. The fourth-order valence-corrected chi connectivity index (χ4v) is 4.66. The fourth-order valence-electron chi connectivity index (χ4n) is 3.21. The lowest BCUT2D eigenvalue weighted by Crippen LogP contribution is -2.40. The summed E-state index contributed by atoms with van der Waals surface area (Å²) in [4.78, 5) is 26.1. The first-order valence-electron chi connectivity index (χ1n) is 8.99. The Morgan fingerprint density at radius 3 is 2.42 bits per heavy atom. The average Bonchev–Trinajstić information content (AvgIpc) is 2.77. The summed E-state index contributed by atoms with van der Waals surface area (Å²) in [6.45, 7) is 9.29. The number of rotatable bonds is 3. The van der Waals surface area contributed by atoms with Crippen LogP contribution in [0.3, 0.4) is 0 Å². The second kappa shape index (κ2) is 6.73. The Balaban J connectivity index is 1.86. The Kier molecular flexibility index (Phi) is 4.91. The Bertz CT molecular complexity index is 848.